The number of fused-ring (bicyclic) bond motifs is 1. The Balaban J connectivity index is 1.36. The number of rotatable bonds is 7. The zero-order valence-electron chi connectivity index (χ0n) is 16.5. The van der Waals surface area contributed by atoms with Crippen LogP contribution >= 0.6 is 0 Å². The Kier molecular flexibility index (Phi) is 5.75. The first kappa shape index (κ1) is 19.3. The Morgan fingerprint density at radius 3 is 2.80 bits per heavy atom. The van der Waals surface area contributed by atoms with Crippen molar-refractivity contribution in [2.75, 3.05) is 12.4 Å². The minimum atomic E-state index is -0.227. The van der Waals surface area contributed by atoms with Gasteiger partial charge in [0.1, 0.15) is 23.8 Å². The van der Waals surface area contributed by atoms with Gasteiger partial charge in [-0.1, -0.05) is 24.3 Å². The van der Waals surface area contributed by atoms with E-state index in [1.165, 1.54) is 6.08 Å². The quantitative estimate of drug-likeness (QED) is 0.462. The first-order chi connectivity index (χ1) is 14.7. The van der Waals surface area contributed by atoms with Crippen molar-refractivity contribution in [3.63, 3.8) is 0 Å². The number of ether oxygens (including phenoxy) is 2. The Hall–Kier alpha value is -4.06. The molecule has 2 heterocycles. The number of methoxy groups -OCH3 is 1. The molecule has 4 aromatic rings. The molecular weight excluding hydrogens is 378 g/mol. The van der Waals surface area contributed by atoms with E-state index in [-0.39, 0.29) is 5.91 Å². The number of nitrogens with zero attached hydrogens (tertiary/aromatic N) is 2. The Bertz CT molecular complexity index is 1160. The molecule has 2 aromatic heterocycles. The second-order valence-corrected chi connectivity index (χ2v) is 6.61. The number of nitrogens with one attached hydrogen (secondary N) is 1. The van der Waals surface area contributed by atoms with E-state index in [2.05, 4.69) is 10.3 Å². The van der Waals surface area contributed by atoms with Crippen molar-refractivity contribution in [1.29, 1.82) is 0 Å². The molecule has 0 saturated carbocycles. The van der Waals surface area contributed by atoms with Crippen LogP contribution in [0.3, 0.4) is 0 Å². The van der Waals surface area contributed by atoms with Gasteiger partial charge in [0.15, 0.2) is 0 Å². The average Bonchev–Trinajstić information content (AvgIpc) is 3.20. The van der Waals surface area contributed by atoms with Crippen molar-refractivity contribution < 1.29 is 14.3 Å². The van der Waals surface area contributed by atoms with Gasteiger partial charge in [-0.25, -0.2) is 4.98 Å². The second kappa shape index (κ2) is 8.96. The Morgan fingerprint density at radius 2 is 1.93 bits per heavy atom. The minimum absolute atomic E-state index is 0.227. The molecule has 0 saturated heterocycles. The van der Waals surface area contributed by atoms with Gasteiger partial charge in [0.25, 0.3) is 0 Å². The van der Waals surface area contributed by atoms with Crippen LogP contribution in [0.25, 0.3) is 11.7 Å². The summed E-state index contributed by atoms with van der Waals surface area (Å²) in [7, 11) is 1.61. The van der Waals surface area contributed by atoms with Crippen molar-refractivity contribution >= 4 is 23.3 Å². The van der Waals surface area contributed by atoms with Crippen LogP contribution in [-0.2, 0) is 11.4 Å². The molecule has 0 bridgehead atoms. The third kappa shape index (κ3) is 4.86. The SMILES string of the molecule is COc1cccc(/C=C/C(=O)Nc2cccc(OCc3cn4ccccc4n3)c2)c1. The molecule has 1 amide bonds. The van der Waals surface area contributed by atoms with E-state index >= 15 is 0 Å². The Labute approximate surface area is 174 Å². The number of hydrogen-bond donors (Lipinski definition) is 1. The molecule has 4 rings (SSSR count). The monoisotopic (exact) mass is 399 g/mol. The number of imidazole rings is 1. The van der Waals surface area contributed by atoms with E-state index in [0.29, 0.717) is 18.0 Å². The number of aromatic nitrogens is 2. The van der Waals surface area contributed by atoms with Crippen molar-refractivity contribution in [1.82, 2.24) is 9.38 Å². The summed E-state index contributed by atoms with van der Waals surface area (Å²) in [5.41, 5.74) is 3.24. The summed E-state index contributed by atoms with van der Waals surface area (Å²) in [5.74, 6) is 1.17. The highest BCUT2D eigenvalue weighted by Gasteiger charge is 2.04. The fourth-order valence-electron chi connectivity index (χ4n) is 2.98. The first-order valence-corrected chi connectivity index (χ1v) is 9.48. The molecule has 0 atom stereocenters. The van der Waals surface area contributed by atoms with Crippen molar-refractivity contribution in [2.24, 2.45) is 0 Å². The summed E-state index contributed by atoms with van der Waals surface area (Å²) in [5, 5.41) is 2.84. The molecule has 0 unspecified atom stereocenters. The molecule has 0 fully saturated rings. The van der Waals surface area contributed by atoms with Crippen LogP contribution in [0, 0.1) is 0 Å². The van der Waals surface area contributed by atoms with Crippen LogP contribution in [-0.4, -0.2) is 22.4 Å². The maximum Gasteiger partial charge on any atom is 0.248 e. The number of pyridine rings is 1. The fraction of sp³-hybridized carbons (Fsp3) is 0.0833. The molecule has 150 valence electrons. The van der Waals surface area contributed by atoms with Gasteiger partial charge < -0.3 is 19.2 Å². The first-order valence-electron chi connectivity index (χ1n) is 9.48. The van der Waals surface area contributed by atoms with Crippen LogP contribution in [0.15, 0.2) is 85.2 Å². The molecule has 0 spiro atoms. The van der Waals surface area contributed by atoms with Gasteiger partial charge in [-0.05, 0) is 48.0 Å². The second-order valence-electron chi connectivity index (χ2n) is 6.61. The molecule has 6 nitrogen and oxygen atoms in total. The summed E-state index contributed by atoms with van der Waals surface area (Å²) < 4.78 is 13.0. The summed E-state index contributed by atoms with van der Waals surface area (Å²) in [6.45, 7) is 0.342. The van der Waals surface area contributed by atoms with Crippen LogP contribution in [0.4, 0.5) is 5.69 Å². The molecular formula is C24H21N3O3. The van der Waals surface area contributed by atoms with E-state index in [9.17, 15) is 4.79 Å². The van der Waals surface area contributed by atoms with E-state index < -0.39 is 0 Å². The lowest BCUT2D eigenvalue weighted by atomic mass is 10.2. The number of anilines is 1. The predicted octanol–water partition coefficient (Wildman–Crippen LogP) is 4.57. The zero-order valence-corrected chi connectivity index (χ0v) is 16.5. The summed E-state index contributed by atoms with van der Waals surface area (Å²) in [6.07, 6.45) is 7.10. The van der Waals surface area contributed by atoms with E-state index in [1.54, 1.807) is 19.3 Å². The topological polar surface area (TPSA) is 64.9 Å². The summed E-state index contributed by atoms with van der Waals surface area (Å²) >= 11 is 0. The maximum absolute atomic E-state index is 12.2. The molecule has 0 radical (unpaired) electrons. The lowest BCUT2D eigenvalue weighted by Crippen LogP contribution is -2.07. The fourth-order valence-corrected chi connectivity index (χ4v) is 2.98. The van der Waals surface area contributed by atoms with Crippen molar-refractivity contribution in [3.8, 4) is 11.5 Å². The molecule has 30 heavy (non-hydrogen) atoms. The van der Waals surface area contributed by atoms with Gasteiger partial charge in [0.2, 0.25) is 5.91 Å². The maximum atomic E-state index is 12.2. The minimum Gasteiger partial charge on any atom is -0.497 e. The van der Waals surface area contributed by atoms with Crippen LogP contribution < -0.4 is 14.8 Å². The van der Waals surface area contributed by atoms with E-state index in [1.807, 2.05) is 77.5 Å². The lowest BCUT2D eigenvalue weighted by molar-refractivity contribution is -0.111. The number of benzene rings is 2. The van der Waals surface area contributed by atoms with Gasteiger partial charge in [-0.15, -0.1) is 0 Å². The predicted molar refractivity (Wildman–Crippen MR) is 117 cm³/mol. The third-order valence-electron chi connectivity index (χ3n) is 4.42. The highest BCUT2D eigenvalue weighted by atomic mass is 16.5. The summed E-state index contributed by atoms with van der Waals surface area (Å²) in [6, 6.07) is 20.6. The number of carbonyl (C=O) groups excluding carboxylic acids is 1. The van der Waals surface area contributed by atoms with Crippen LogP contribution in [0.1, 0.15) is 11.3 Å². The lowest BCUT2D eigenvalue weighted by Gasteiger charge is -2.07. The number of amides is 1. The van der Waals surface area contributed by atoms with Crippen molar-refractivity contribution in [3.05, 3.63) is 96.5 Å². The molecule has 0 aliphatic rings. The van der Waals surface area contributed by atoms with Gasteiger partial charge in [-0.3, -0.25) is 4.79 Å². The largest absolute Gasteiger partial charge is 0.497 e. The molecule has 0 aliphatic carbocycles. The highest BCUT2D eigenvalue weighted by molar-refractivity contribution is 6.02. The molecule has 1 N–H and O–H groups in total. The smallest absolute Gasteiger partial charge is 0.248 e. The Morgan fingerprint density at radius 1 is 1.07 bits per heavy atom. The number of carbonyl (C=O) groups is 1. The van der Waals surface area contributed by atoms with Gasteiger partial charge in [0.05, 0.1) is 12.8 Å². The average molecular weight is 399 g/mol. The molecule has 6 heteroatoms. The van der Waals surface area contributed by atoms with Crippen LogP contribution in [0.2, 0.25) is 0 Å². The molecule has 2 aromatic carbocycles. The van der Waals surface area contributed by atoms with Gasteiger partial charge in [0, 0.05) is 30.2 Å². The normalized spacial score (nSPS) is 11.0. The third-order valence-corrected chi connectivity index (χ3v) is 4.42. The number of hydrogen-bond acceptors (Lipinski definition) is 4. The molecule has 0 aliphatic heterocycles. The zero-order chi connectivity index (χ0) is 20.8. The summed E-state index contributed by atoms with van der Waals surface area (Å²) in [4.78, 5) is 16.8. The highest BCUT2D eigenvalue weighted by Crippen LogP contribution is 2.19. The van der Waals surface area contributed by atoms with Crippen molar-refractivity contribution in [2.45, 2.75) is 6.61 Å². The van der Waals surface area contributed by atoms with Gasteiger partial charge >= 0.3 is 0 Å². The van der Waals surface area contributed by atoms with E-state index in [0.717, 1.165) is 22.7 Å². The van der Waals surface area contributed by atoms with Crippen LogP contribution in [0.5, 0.6) is 11.5 Å². The van der Waals surface area contributed by atoms with E-state index in [4.69, 9.17) is 9.47 Å². The van der Waals surface area contributed by atoms with Gasteiger partial charge in [-0.2, -0.15) is 0 Å². The standard InChI is InChI=1S/C24H21N3O3/c1-29-21-8-4-6-18(14-21)11-12-24(28)26-19-7-5-9-22(15-19)30-17-20-16-27-13-3-2-10-23(27)25-20/h2-16H,17H2,1H3,(H,26,28)/b12-11+.